The van der Waals surface area contributed by atoms with Gasteiger partial charge < -0.3 is 19.5 Å². The molecule has 10 heteroatoms. The lowest BCUT2D eigenvalue weighted by Crippen LogP contribution is -2.26. The molecule has 152 valence electrons. The lowest BCUT2D eigenvalue weighted by atomic mass is 10.2. The van der Waals surface area contributed by atoms with Crippen molar-refractivity contribution in [3.05, 3.63) is 11.8 Å². The number of amides is 1. The first-order valence-corrected chi connectivity index (χ1v) is 10.7. The Morgan fingerprint density at radius 3 is 2.86 bits per heavy atom. The number of ether oxygens (including phenoxy) is 1. The second-order valence-corrected chi connectivity index (χ2v) is 8.60. The Labute approximate surface area is 168 Å². The van der Waals surface area contributed by atoms with E-state index < -0.39 is 0 Å². The van der Waals surface area contributed by atoms with E-state index in [1.165, 1.54) is 24.6 Å². The first-order chi connectivity index (χ1) is 13.6. The zero-order valence-electron chi connectivity index (χ0n) is 16.3. The van der Waals surface area contributed by atoms with E-state index in [-0.39, 0.29) is 17.3 Å². The first-order valence-electron chi connectivity index (χ1n) is 9.81. The number of nitrogens with one attached hydrogen (secondary N) is 1. The molecule has 0 spiro atoms. The molecule has 0 aromatic carbocycles. The first kappa shape index (κ1) is 19.3. The number of thioether (sulfide) groups is 1. The molecule has 1 N–H and O–H groups in total. The van der Waals surface area contributed by atoms with Gasteiger partial charge in [-0.3, -0.25) is 9.36 Å². The predicted octanol–water partition coefficient (Wildman–Crippen LogP) is 2.47. The van der Waals surface area contributed by atoms with Gasteiger partial charge in [-0.2, -0.15) is 0 Å². The van der Waals surface area contributed by atoms with Crippen LogP contribution in [-0.2, 0) is 16.1 Å². The number of anilines is 2. The second-order valence-electron chi connectivity index (χ2n) is 7.29. The van der Waals surface area contributed by atoms with Crippen LogP contribution in [0.4, 0.5) is 11.8 Å². The molecule has 0 bridgehead atoms. The van der Waals surface area contributed by atoms with Crippen molar-refractivity contribution in [2.24, 2.45) is 0 Å². The molecule has 0 unspecified atom stereocenters. The van der Waals surface area contributed by atoms with E-state index in [1.807, 2.05) is 6.92 Å². The number of rotatable bonds is 7. The Kier molecular flexibility index (Phi) is 5.86. The van der Waals surface area contributed by atoms with Crippen LogP contribution in [0.1, 0.15) is 38.4 Å². The third kappa shape index (κ3) is 4.33. The Morgan fingerprint density at radius 2 is 2.18 bits per heavy atom. The third-order valence-corrected chi connectivity index (χ3v) is 6.11. The fourth-order valence-electron chi connectivity index (χ4n) is 3.54. The molecule has 1 amide bonds. The van der Waals surface area contributed by atoms with Crippen LogP contribution >= 0.6 is 11.8 Å². The minimum Gasteiger partial charge on any atom is -0.376 e. The molecular formula is C18H26N6O3S. The molecule has 2 saturated heterocycles. The number of carbonyl (C=O) groups excluding carboxylic acids is 1. The molecule has 2 aliphatic rings. The monoisotopic (exact) mass is 406 g/mol. The maximum atomic E-state index is 12.5. The largest absolute Gasteiger partial charge is 0.376 e. The average Bonchev–Trinajstić information content (AvgIpc) is 3.45. The summed E-state index contributed by atoms with van der Waals surface area (Å²) in [5, 5.41) is 15.8. The van der Waals surface area contributed by atoms with Crippen molar-refractivity contribution in [1.29, 1.82) is 0 Å². The zero-order chi connectivity index (χ0) is 19.5. The molecule has 0 saturated carbocycles. The van der Waals surface area contributed by atoms with E-state index in [2.05, 4.69) is 30.1 Å². The smallest absolute Gasteiger partial charge is 0.238 e. The van der Waals surface area contributed by atoms with Gasteiger partial charge in [-0.25, -0.2) is 0 Å². The van der Waals surface area contributed by atoms with Gasteiger partial charge >= 0.3 is 0 Å². The second kappa shape index (κ2) is 8.52. The molecule has 0 aliphatic carbocycles. The highest BCUT2D eigenvalue weighted by atomic mass is 32.2. The van der Waals surface area contributed by atoms with Crippen LogP contribution < -0.4 is 10.2 Å². The van der Waals surface area contributed by atoms with E-state index in [1.54, 1.807) is 13.0 Å². The molecule has 4 heterocycles. The van der Waals surface area contributed by atoms with E-state index in [0.29, 0.717) is 11.6 Å². The van der Waals surface area contributed by atoms with Gasteiger partial charge in [0.2, 0.25) is 11.9 Å². The van der Waals surface area contributed by atoms with Crippen molar-refractivity contribution >= 4 is 29.4 Å². The number of carbonyl (C=O) groups is 1. The number of nitrogens with zero attached hydrogens (tertiary/aromatic N) is 5. The highest BCUT2D eigenvalue weighted by Gasteiger charge is 2.27. The summed E-state index contributed by atoms with van der Waals surface area (Å²) in [7, 11) is 0. The molecule has 9 nitrogen and oxygen atoms in total. The topological polar surface area (TPSA) is 98.3 Å². The molecule has 28 heavy (non-hydrogen) atoms. The van der Waals surface area contributed by atoms with E-state index >= 15 is 0 Å². The van der Waals surface area contributed by atoms with Crippen LogP contribution in [0.5, 0.6) is 0 Å². The van der Waals surface area contributed by atoms with Crippen molar-refractivity contribution in [3.63, 3.8) is 0 Å². The van der Waals surface area contributed by atoms with Gasteiger partial charge in [-0.05, 0) is 39.5 Å². The summed E-state index contributed by atoms with van der Waals surface area (Å²) >= 11 is 1.40. The minimum absolute atomic E-state index is 0.146. The summed E-state index contributed by atoms with van der Waals surface area (Å²) in [4.78, 5) is 14.8. The summed E-state index contributed by atoms with van der Waals surface area (Å²) in [5.41, 5.74) is 0. The molecule has 2 aliphatic heterocycles. The quantitative estimate of drug-likeness (QED) is 0.700. The van der Waals surface area contributed by atoms with Crippen LogP contribution in [0, 0.1) is 6.92 Å². The van der Waals surface area contributed by atoms with Crippen molar-refractivity contribution in [2.75, 3.05) is 29.9 Å². The highest BCUT2D eigenvalue weighted by Crippen LogP contribution is 2.29. The number of hydrogen-bond donors (Lipinski definition) is 1. The minimum atomic E-state index is -0.351. The average molecular weight is 407 g/mol. The summed E-state index contributed by atoms with van der Waals surface area (Å²) in [5.74, 6) is 1.82. The Morgan fingerprint density at radius 1 is 1.36 bits per heavy atom. The summed E-state index contributed by atoms with van der Waals surface area (Å²) in [6.07, 6.45) is 4.66. The van der Waals surface area contributed by atoms with Crippen molar-refractivity contribution in [2.45, 2.75) is 62.6 Å². The lowest BCUT2D eigenvalue weighted by molar-refractivity contribution is -0.115. The maximum absolute atomic E-state index is 12.5. The van der Waals surface area contributed by atoms with Gasteiger partial charge in [-0.15, -0.1) is 10.2 Å². The summed E-state index contributed by atoms with van der Waals surface area (Å²) in [6, 6.07) is 1.70. The molecule has 4 rings (SSSR count). The Bertz CT molecular complexity index is 810. The molecular weight excluding hydrogens is 380 g/mol. The molecule has 2 atom stereocenters. The van der Waals surface area contributed by atoms with Gasteiger partial charge in [0.05, 0.1) is 17.9 Å². The standard InChI is InChI=1S/C18H26N6O3S/c1-12-10-15(22-27-12)19-16(25)13(2)28-18-21-20-17(23-7-3-4-8-23)24(18)11-14-6-5-9-26-14/h10,13-14H,3-9,11H2,1-2H3,(H,19,22,25)/t13-,14+/m1/s1. The molecule has 2 fully saturated rings. The van der Waals surface area contributed by atoms with Gasteiger partial charge in [0.15, 0.2) is 11.0 Å². The van der Waals surface area contributed by atoms with E-state index in [4.69, 9.17) is 9.26 Å². The normalized spacial score (nSPS) is 20.6. The maximum Gasteiger partial charge on any atom is 0.238 e. The highest BCUT2D eigenvalue weighted by molar-refractivity contribution is 8.00. The number of aryl methyl sites for hydroxylation is 1. The van der Waals surface area contributed by atoms with Crippen molar-refractivity contribution in [3.8, 4) is 0 Å². The predicted molar refractivity (Wildman–Crippen MR) is 106 cm³/mol. The zero-order valence-corrected chi connectivity index (χ0v) is 17.1. The Hall–Kier alpha value is -2.07. The lowest BCUT2D eigenvalue weighted by Gasteiger charge is -2.21. The number of hydrogen-bond acceptors (Lipinski definition) is 8. The molecule has 2 aromatic rings. The van der Waals surface area contributed by atoms with Crippen molar-refractivity contribution < 1.29 is 14.1 Å². The third-order valence-electron chi connectivity index (χ3n) is 5.03. The van der Waals surface area contributed by atoms with E-state index in [9.17, 15) is 4.79 Å². The number of aromatic nitrogens is 4. The van der Waals surface area contributed by atoms with Crippen LogP contribution in [0.25, 0.3) is 0 Å². The van der Waals surface area contributed by atoms with Crippen LogP contribution in [0.2, 0.25) is 0 Å². The van der Waals surface area contributed by atoms with Crippen molar-refractivity contribution in [1.82, 2.24) is 19.9 Å². The van der Waals surface area contributed by atoms with Gasteiger partial charge in [0, 0.05) is 25.8 Å². The SMILES string of the molecule is Cc1cc(NC(=O)[C@@H](C)Sc2nnc(N3CCCC3)n2C[C@@H]2CCCO2)no1. The van der Waals surface area contributed by atoms with E-state index in [0.717, 1.165) is 50.2 Å². The van der Waals surface area contributed by atoms with Gasteiger partial charge in [0.25, 0.3) is 0 Å². The van der Waals surface area contributed by atoms with Gasteiger partial charge in [-0.1, -0.05) is 16.9 Å². The molecule has 0 radical (unpaired) electrons. The molecule has 2 aromatic heterocycles. The van der Waals surface area contributed by atoms with Gasteiger partial charge in [0.1, 0.15) is 5.76 Å². The fraction of sp³-hybridized carbons (Fsp3) is 0.667. The summed E-state index contributed by atoms with van der Waals surface area (Å²) in [6.45, 7) is 7.16. The Balaban J connectivity index is 1.48. The van der Waals surface area contributed by atoms with Crippen LogP contribution in [0.15, 0.2) is 15.7 Å². The van der Waals surface area contributed by atoms with Crippen LogP contribution in [-0.4, -0.2) is 56.9 Å². The summed E-state index contributed by atoms with van der Waals surface area (Å²) < 4.78 is 13.0. The fourth-order valence-corrected chi connectivity index (χ4v) is 4.39. The van der Waals surface area contributed by atoms with Crippen LogP contribution in [0.3, 0.4) is 0 Å².